The third kappa shape index (κ3) is 4.91. The van der Waals surface area contributed by atoms with Gasteiger partial charge in [-0.15, -0.1) is 11.3 Å². The van der Waals surface area contributed by atoms with Gasteiger partial charge in [0.15, 0.2) is 11.5 Å². The highest BCUT2D eigenvalue weighted by Crippen LogP contribution is 2.39. The minimum absolute atomic E-state index is 0.0824. The number of hydrogen-bond donors (Lipinski definition) is 0. The summed E-state index contributed by atoms with van der Waals surface area (Å²) in [5.74, 6) is 1.53. The van der Waals surface area contributed by atoms with Gasteiger partial charge in [0.25, 0.3) is 5.91 Å². The molecule has 6 heteroatoms. The molecule has 0 N–H and O–H groups in total. The first-order valence-corrected chi connectivity index (χ1v) is 9.68. The summed E-state index contributed by atoms with van der Waals surface area (Å²) in [7, 11) is 1.80. The fraction of sp³-hybridized carbons (Fsp3) is 0.450. The van der Waals surface area contributed by atoms with Crippen molar-refractivity contribution in [1.29, 1.82) is 0 Å². The molecule has 1 aromatic carbocycles. The van der Waals surface area contributed by atoms with Crippen LogP contribution in [0, 0.1) is 6.92 Å². The van der Waals surface area contributed by atoms with E-state index in [2.05, 4.69) is 19.1 Å². The lowest BCUT2D eigenvalue weighted by Crippen LogP contribution is -2.26. The van der Waals surface area contributed by atoms with Crippen molar-refractivity contribution in [3.8, 4) is 17.2 Å². The van der Waals surface area contributed by atoms with Gasteiger partial charge < -0.3 is 19.1 Å². The van der Waals surface area contributed by atoms with Gasteiger partial charge in [0.1, 0.15) is 0 Å². The highest BCUT2D eigenvalue weighted by Gasteiger charge is 2.20. The van der Waals surface area contributed by atoms with Crippen LogP contribution in [0.2, 0.25) is 0 Å². The van der Waals surface area contributed by atoms with Crippen LogP contribution in [0.15, 0.2) is 24.3 Å². The first-order valence-electron chi connectivity index (χ1n) is 8.87. The predicted molar refractivity (Wildman–Crippen MR) is 105 cm³/mol. The Labute approximate surface area is 159 Å². The Morgan fingerprint density at radius 3 is 2.04 bits per heavy atom. The van der Waals surface area contributed by atoms with Gasteiger partial charge in [-0.1, -0.05) is 0 Å². The summed E-state index contributed by atoms with van der Waals surface area (Å²) in [4.78, 5) is 17.0. The highest BCUT2D eigenvalue weighted by atomic mass is 32.1. The first-order chi connectivity index (χ1) is 12.5. The second-order valence-corrected chi connectivity index (χ2v) is 7.15. The van der Waals surface area contributed by atoms with Crippen LogP contribution < -0.4 is 14.2 Å². The molecule has 2 aromatic rings. The summed E-state index contributed by atoms with van der Waals surface area (Å²) in [5, 5.41) is 0. The molecule has 0 saturated heterocycles. The molecule has 142 valence electrons. The minimum Gasteiger partial charge on any atom is -0.490 e. The van der Waals surface area contributed by atoms with Gasteiger partial charge in [0.2, 0.25) is 5.75 Å². The topological polar surface area (TPSA) is 48.0 Å². The molecule has 0 radical (unpaired) electrons. The van der Waals surface area contributed by atoms with Crippen LogP contribution >= 0.6 is 11.3 Å². The van der Waals surface area contributed by atoms with Crippen molar-refractivity contribution >= 4 is 17.2 Å². The lowest BCUT2D eigenvalue weighted by atomic mass is 10.1. The summed E-state index contributed by atoms with van der Waals surface area (Å²) >= 11 is 1.70. The molecule has 1 amide bonds. The van der Waals surface area contributed by atoms with Crippen LogP contribution in [-0.2, 0) is 6.54 Å². The molecule has 1 aromatic heterocycles. The smallest absolute Gasteiger partial charge is 0.254 e. The van der Waals surface area contributed by atoms with E-state index >= 15 is 0 Å². The monoisotopic (exact) mass is 377 g/mol. The van der Waals surface area contributed by atoms with Gasteiger partial charge in [-0.2, -0.15) is 0 Å². The summed E-state index contributed by atoms with van der Waals surface area (Å²) in [6, 6.07) is 7.58. The van der Waals surface area contributed by atoms with Gasteiger partial charge in [0, 0.05) is 22.4 Å². The number of nitrogens with zero attached hydrogens (tertiary/aromatic N) is 1. The Kier molecular flexibility index (Phi) is 7.33. The molecule has 0 aliphatic rings. The van der Waals surface area contributed by atoms with E-state index < -0.39 is 0 Å². The molecular formula is C20H27NO4S. The lowest BCUT2D eigenvalue weighted by Gasteiger charge is -2.20. The maximum absolute atomic E-state index is 12.9. The number of aryl methyl sites for hydroxylation is 1. The number of hydrogen-bond acceptors (Lipinski definition) is 5. The highest BCUT2D eigenvalue weighted by molar-refractivity contribution is 7.11. The third-order valence-corrected chi connectivity index (χ3v) is 4.68. The summed E-state index contributed by atoms with van der Waals surface area (Å²) in [6.45, 7) is 9.78. The van der Waals surface area contributed by atoms with Crippen LogP contribution in [0.5, 0.6) is 17.2 Å². The molecule has 0 saturated carbocycles. The van der Waals surface area contributed by atoms with E-state index in [-0.39, 0.29) is 5.91 Å². The summed E-state index contributed by atoms with van der Waals surface area (Å²) in [6.07, 6.45) is 0. The Balaban J connectivity index is 2.32. The van der Waals surface area contributed by atoms with Crippen molar-refractivity contribution in [3.05, 3.63) is 39.6 Å². The van der Waals surface area contributed by atoms with Crippen LogP contribution in [0.3, 0.4) is 0 Å². The number of ether oxygens (including phenoxy) is 3. The molecule has 0 unspecified atom stereocenters. The van der Waals surface area contributed by atoms with Crippen molar-refractivity contribution < 1.29 is 19.0 Å². The van der Waals surface area contributed by atoms with Gasteiger partial charge in [0.05, 0.1) is 26.4 Å². The van der Waals surface area contributed by atoms with Crippen molar-refractivity contribution in [2.75, 3.05) is 26.9 Å². The molecule has 5 nitrogen and oxygen atoms in total. The summed E-state index contributed by atoms with van der Waals surface area (Å²) in [5.41, 5.74) is 0.524. The predicted octanol–water partition coefficient (Wildman–Crippen LogP) is 4.52. The second-order valence-electron chi connectivity index (χ2n) is 5.77. The van der Waals surface area contributed by atoms with E-state index in [1.54, 1.807) is 35.4 Å². The molecule has 2 rings (SSSR count). The number of carbonyl (C=O) groups is 1. The van der Waals surface area contributed by atoms with Crippen LogP contribution in [-0.4, -0.2) is 37.7 Å². The second kappa shape index (κ2) is 9.48. The molecule has 0 spiro atoms. The zero-order chi connectivity index (χ0) is 19.1. The molecule has 0 aliphatic carbocycles. The maximum Gasteiger partial charge on any atom is 0.254 e. The normalized spacial score (nSPS) is 10.5. The number of benzene rings is 1. The molecule has 26 heavy (non-hydrogen) atoms. The Morgan fingerprint density at radius 2 is 1.58 bits per heavy atom. The molecule has 0 atom stereocenters. The third-order valence-electron chi connectivity index (χ3n) is 3.69. The van der Waals surface area contributed by atoms with Crippen LogP contribution in [0.4, 0.5) is 0 Å². The SMILES string of the molecule is CCOc1cc(C(=O)N(C)Cc2ccc(C)s2)cc(OCC)c1OCC. The first kappa shape index (κ1) is 20.1. The zero-order valence-electron chi connectivity index (χ0n) is 16.1. The van der Waals surface area contributed by atoms with Crippen LogP contribution in [0.1, 0.15) is 40.9 Å². The number of carbonyl (C=O) groups excluding carboxylic acids is 1. The van der Waals surface area contributed by atoms with E-state index in [1.807, 2.05) is 20.8 Å². The number of thiophene rings is 1. The maximum atomic E-state index is 12.9. The lowest BCUT2D eigenvalue weighted by molar-refractivity contribution is 0.0785. The largest absolute Gasteiger partial charge is 0.490 e. The van der Waals surface area contributed by atoms with E-state index in [0.717, 1.165) is 4.88 Å². The number of rotatable bonds is 9. The quantitative estimate of drug-likeness (QED) is 0.644. The van der Waals surface area contributed by atoms with Gasteiger partial charge in [-0.05, 0) is 52.0 Å². The number of amides is 1. The fourth-order valence-electron chi connectivity index (χ4n) is 2.61. The Morgan fingerprint density at radius 1 is 1.00 bits per heavy atom. The molecule has 1 heterocycles. The van der Waals surface area contributed by atoms with E-state index in [0.29, 0.717) is 49.2 Å². The van der Waals surface area contributed by atoms with Crippen molar-refractivity contribution in [3.63, 3.8) is 0 Å². The molecular weight excluding hydrogens is 350 g/mol. The molecule has 0 fully saturated rings. The average Bonchev–Trinajstić information content (AvgIpc) is 3.02. The molecule has 0 bridgehead atoms. The van der Waals surface area contributed by atoms with Crippen molar-refractivity contribution in [2.24, 2.45) is 0 Å². The Hall–Kier alpha value is -2.21. The Bertz CT molecular complexity index is 714. The molecule has 0 aliphatic heterocycles. The van der Waals surface area contributed by atoms with E-state index in [9.17, 15) is 4.79 Å². The van der Waals surface area contributed by atoms with E-state index in [4.69, 9.17) is 14.2 Å². The summed E-state index contributed by atoms with van der Waals surface area (Å²) < 4.78 is 17.1. The zero-order valence-corrected chi connectivity index (χ0v) is 16.9. The van der Waals surface area contributed by atoms with Gasteiger partial charge in [-0.25, -0.2) is 0 Å². The average molecular weight is 378 g/mol. The van der Waals surface area contributed by atoms with Gasteiger partial charge >= 0.3 is 0 Å². The standard InChI is InChI=1S/C20H27NO4S/c1-6-23-17-11-15(12-18(24-7-2)19(17)25-8-3)20(22)21(5)13-16-10-9-14(4)26-16/h9-12H,6-8,13H2,1-5H3. The van der Waals surface area contributed by atoms with Crippen LogP contribution in [0.25, 0.3) is 0 Å². The van der Waals surface area contributed by atoms with Crippen molar-refractivity contribution in [1.82, 2.24) is 4.90 Å². The van der Waals surface area contributed by atoms with E-state index in [1.165, 1.54) is 4.88 Å². The van der Waals surface area contributed by atoms with Crippen molar-refractivity contribution in [2.45, 2.75) is 34.2 Å². The minimum atomic E-state index is -0.0824. The van der Waals surface area contributed by atoms with Gasteiger partial charge in [-0.3, -0.25) is 4.79 Å². The fourth-order valence-corrected chi connectivity index (χ4v) is 3.55.